The van der Waals surface area contributed by atoms with Gasteiger partial charge in [0.2, 0.25) is 0 Å². The van der Waals surface area contributed by atoms with Crippen LogP contribution in [-0.2, 0) is 6.54 Å². The zero-order chi connectivity index (χ0) is 11.7. The maximum Gasteiger partial charge on any atom is 0.0426 e. The van der Waals surface area contributed by atoms with Gasteiger partial charge in [-0.2, -0.15) is 0 Å². The Labute approximate surface area is 102 Å². The summed E-state index contributed by atoms with van der Waals surface area (Å²) in [5.41, 5.74) is 8.08. The smallest absolute Gasteiger partial charge is 0.0426 e. The van der Waals surface area contributed by atoms with Gasteiger partial charge >= 0.3 is 0 Å². The van der Waals surface area contributed by atoms with Crippen molar-refractivity contribution in [2.24, 2.45) is 17.6 Å². The van der Waals surface area contributed by atoms with E-state index in [-0.39, 0.29) is 0 Å². The first kappa shape index (κ1) is 11.7. The number of benzene rings is 1. The van der Waals surface area contributed by atoms with Crippen molar-refractivity contribution in [1.82, 2.24) is 0 Å². The van der Waals surface area contributed by atoms with Crippen LogP contribution in [0.4, 0.5) is 5.69 Å². The van der Waals surface area contributed by atoms with Crippen molar-refractivity contribution < 1.29 is 0 Å². The van der Waals surface area contributed by atoms with E-state index in [0.29, 0.717) is 6.54 Å². The lowest BCUT2D eigenvalue weighted by Crippen LogP contribution is -2.22. The Morgan fingerprint density at radius 3 is 2.75 bits per heavy atom. The summed E-state index contributed by atoms with van der Waals surface area (Å²) in [7, 11) is 2.12. The summed E-state index contributed by atoms with van der Waals surface area (Å²) >= 11 is 6.03. The number of halogens is 1. The van der Waals surface area contributed by atoms with Crippen molar-refractivity contribution in [1.29, 1.82) is 0 Å². The van der Waals surface area contributed by atoms with Crippen LogP contribution in [0.1, 0.15) is 18.9 Å². The Morgan fingerprint density at radius 1 is 1.50 bits per heavy atom. The fraction of sp³-hybridized carbons (Fsp3) is 0.538. The number of rotatable bonds is 4. The summed E-state index contributed by atoms with van der Waals surface area (Å²) in [6.45, 7) is 3.98. The summed E-state index contributed by atoms with van der Waals surface area (Å²) < 4.78 is 0. The molecule has 88 valence electrons. The van der Waals surface area contributed by atoms with E-state index in [2.05, 4.69) is 18.9 Å². The van der Waals surface area contributed by atoms with Crippen LogP contribution in [0.3, 0.4) is 0 Å². The minimum absolute atomic E-state index is 0.567. The lowest BCUT2D eigenvalue weighted by molar-refractivity contribution is 0.723. The molecule has 0 amide bonds. The third-order valence-corrected chi connectivity index (χ3v) is 3.70. The number of hydrogen-bond donors (Lipinski definition) is 1. The zero-order valence-corrected chi connectivity index (χ0v) is 10.7. The molecule has 2 N–H and O–H groups in total. The second-order valence-electron chi connectivity index (χ2n) is 4.83. The second-order valence-corrected chi connectivity index (χ2v) is 5.27. The second kappa shape index (κ2) is 4.64. The fourth-order valence-corrected chi connectivity index (χ4v) is 2.33. The molecule has 0 radical (unpaired) electrons. The molecule has 2 rings (SSSR count). The Bertz CT molecular complexity index is 378. The van der Waals surface area contributed by atoms with Gasteiger partial charge in [0.05, 0.1) is 0 Å². The topological polar surface area (TPSA) is 29.3 Å². The van der Waals surface area contributed by atoms with E-state index < -0.39 is 0 Å². The molecule has 0 aromatic heterocycles. The van der Waals surface area contributed by atoms with E-state index >= 15 is 0 Å². The molecule has 1 fully saturated rings. The van der Waals surface area contributed by atoms with Gasteiger partial charge in [-0.25, -0.2) is 0 Å². The SMILES string of the molecule is CC1CC1CN(C)c1cc(Cl)ccc1CN. The fourth-order valence-electron chi connectivity index (χ4n) is 2.17. The third kappa shape index (κ3) is 2.50. The van der Waals surface area contributed by atoms with Gasteiger partial charge in [0, 0.05) is 30.8 Å². The molecule has 0 bridgehead atoms. The summed E-state index contributed by atoms with van der Waals surface area (Å²) in [6, 6.07) is 5.93. The highest BCUT2D eigenvalue weighted by atomic mass is 35.5. The van der Waals surface area contributed by atoms with E-state index in [0.717, 1.165) is 23.4 Å². The molecular weight excluding hydrogens is 220 g/mol. The van der Waals surface area contributed by atoms with Crippen molar-refractivity contribution >= 4 is 17.3 Å². The summed E-state index contributed by atoms with van der Waals surface area (Å²) in [4.78, 5) is 2.28. The Kier molecular flexibility index (Phi) is 3.41. The summed E-state index contributed by atoms with van der Waals surface area (Å²) in [5, 5.41) is 0.780. The van der Waals surface area contributed by atoms with Gasteiger partial charge in [0.25, 0.3) is 0 Å². The van der Waals surface area contributed by atoms with Crippen LogP contribution in [0.5, 0.6) is 0 Å². The molecule has 0 saturated heterocycles. The van der Waals surface area contributed by atoms with Crippen molar-refractivity contribution in [3.8, 4) is 0 Å². The van der Waals surface area contributed by atoms with E-state index in [1.807, 2.05) is 18.2 Å². The average Bonchev–Trinajstić information content (AvgIpc) is 2.94. The van der Waals surface area contributed by atoms with Gasteiger partial charge in [-0.05, 0) is 36.0 Å². The summed E-state index contributed by atoms with van der Waals surface area (Å²) in [5.74, 6) is 1.72. The highest BCUT2D eigenvalue weighted by Crippen LogP contribution is 2.39. The monoisotopic (exact) mass is 238 g/mol. The molecule has 1 aliphatic carbocycles. The Balaban J connectivity index is 2.13. The molecule has 16 heavy (non-hydrogen) atoms. The molecule has 0 aliphatic heterocycles. The van der Waals surface area contributed by atoms with Gasteiger partial charge in [-0.1, -0.05) is 24.6 Å². The minimum atomic E-state index is 0.567. The number of hydrogen-bond acceptors (Lipinski definition) is 2. The molecule has 1 aliphatic rings. The maximum atomic E-state index is 6.03. The van der Waals surface area contributed by atoms with E-state index in [1.54, 1.807) is 0 Å². The predicted molar refractivity (Wildman–Crippen MR) is 69.9 cm³/mol. The van der Waals surface area contributed by atoms with Crippen LogP contribution in [0, 0.1) is 11.8 Å². The van der Waals surface area contributed by atoms with Crippen LogP contribution in [0.2, 0.25) is 5.02 Å². The number of nitrogens with zero attached hydrogens (tertiary/aromatic N) is 1. The molecular formula is C13H19ClN2. The predicted octanol–water partition coefficient (Wildman–Crippen LogP) is 2.89. The van der Waals surface area contributed by atoms with E-state index in [4.69, 9.17) is 17.3 Å². The minimum Gasteiger partial charge on any atom is -0.374 e. The third-order valence-electron chi connectivity index (χ3n) is 3.46. The van der Waals surface area contributed by atoms with Crippen molar-refractivity contribution in [2.75, 3.05) is 18.5 Å². The largest absolute Gasteiger partial charge is 0.374 e. The van der Waals surface area contributed by atoms with Crippen LogP contribution >= 0.6 is 11.6 Å². The van der Waals surface area contributed by atoms with Crippen molar-refractivity contribution in [2.45, 2.75) is 19.9 Å². The number of nitrogens with two attached hydrogens (primary N) is 1. The lowest BCUT2D eigenvalue weighted by Gasteiger charge is -2.22. The quantitative estimate of drug-likeness (QED) is 0.874. The van der Waals surface area contributed by atoms with Crippen LogP contribution in [0.15, 0.2) is 18.2 Å². The highest BCUT2D eigenvalue weighted by Gasteiger charge is 2.33. The molecule has 2 nitrogen and oxygen atoms in total. The molecule has 1 aromatic rings. The normalized spacial score (nSPS) is 23.2. The van der Waals surface area contributed by atoms with E-state index in [1.165, 1.54) is 17.7 Å². The molecule has 0 heterocycles. The van der Waals surface area contributed by atoms with Gasteiger partial charge in [0.15, 0.2) is 0 Å². The molecule has 3 heteroatoms. The van der Waals surface area contributed by atoms with Crippen LogP contribution < -0.4 is 10.6 Å². The lowest BCUT2D eigenvalue weighted by atomic mass is 10.1. The highest BCUT2D eigenvalue weighted by molar-refractivity contribution is 6.30. The Hall–Kier alpha value is -0.730. The average molecular weight is 239 g/mol. The van der Waals surface area contributed by atoms with Gasteiger partial charge in [-0.15, -0.1) is 0 Å². The van der Waals surface area contributed by atoms with Gasteiger partial charge < -0.3 is 10.6 Å². The molecule has 2 unspecified atom stereocenters. The maximum absolute atomic E-state index is 6.03. The summed E-state index contributed by atoms with van der Waals surface area (Å²) in [6.07, 6.45) is 1.35. The first-order valence-corrected chi connectivity index (χ1v) is 6.19. The first-order chi connectivity index (χ1) is 7.61. The van der Waals surface area contributed by atoms with Gasteiger partial charge in [0.1, 0.15) is 0 Å². The van der Waals surface area contributed by atoms with Crippen molar-refractivity contribution in [3.63, 3.8) is 0 Å². The van der Waals surface area contributed by atoms with Gasteiger partial charge in [-0.3, -0.25) is 0 Å². The molecule has 0 spiro atoms. The first-order valence-electron chi connectivity index (χ1n) is 5.81. The standard InChI is InChI=1S/C13H19ClN2/c1-9-5-11(9)8-16(2)13-6-12(14)4-3-10(13)7-15/h3-4,6,9,11H,5,7-8,15H2,1-2H3. The number of anilines is 1. The molecule has 1 saturated carbocycles. The van der Waals surface area contributed by atoms with Crippen molar-refractivity contribution in [3.05, 3.63) is 28.8 Å². The zero-order valence-electron chi connectivity index (χ0n) is 9.91. The van der Waals surface area contributed by atoms with Crippen LogP contribution in [0.25, 0.3) is 0 Å². The molecule has 2 atom stereocenters. The van der Waals surface area contributed by atoms with Crippen LogP contribution in [-0.4, -0.2) is 13.6 Å². The Morgan fingerprint density at radius 2 is 2.19 bits per heavy atom. The molecule has 1 aromatic carbocycles. The van der Waals surface area contributed by atoms with E-state index in [9.17, 15) is 0 Å².